The monoisotopic (exact) mass is 247 g/mol. The van der Waals surface area contributed by atoms with Crippen molar-refractivity contribution in [3.8, 4) is 0 Å². The van der Waals surface area contributed by atoms with Gasteiger partial charge in [0.1, 0.15) is 0 Å². The Kier molecular flexibility index (Phi) is 3.98. The van der Waals surface area contributed by atoms with E-state index in [9.17, 15) is 18.0 Å². The first-order valence-corrected chi connectivity index (χ1v) is 4.91. The van der Waals surface area contributed by atoms with Crippen LogP contribution in [0.25, 0.3) is 0 Å². The highest BCUT2D eigenvalue weighted by Crippen LogP contribution is 2.31. The van der Waals surface area contributed by atoms with Gasteiger partial charge in [-0.05, 0) is 18.2 Å². The van der Waals surface area contributed by atoms with Crippen molar-refractivity contribution in [1.29, 1.82) is 0 Å². The molecule has 1 rings (SSSR count). The summed E-state index contributed by atoms with van der Waals surface area (Å²) in [5.41, 5.74) is -0.391. The number of carbonyl (C=O) groups is 1. The molecule has 1 N–H and O–H groups in total. The lowest BCUT2D eigenvalue weighted by Crippen LogP contribution is -2.21. The summed E-state index contributed by atoms with van der Waals surface area (Å²) in [5, 5.41) is 8.49. The zero-order valence-electron chi connectivity index (χ0n) is 9.16. The van der Waals surface area contributed by atoms with Gasteiger partial charge in [-0.15, -0.1) is 0 Å². The van der Waals surface area contributed by atoms with Gasteiger partial charge < -0.3 is 10.0 Å². The van der Waals surface area contributed by atoms with Crippen molar-refractivity contribution in [2.45, 2.75) is 12.6 Å². The fraction of sp³-hybridized carbons (Fsp3) is 0.364. The average Bonchev–Trinajstić information content (AvgIpc) is 2.25. The molecule has 6 heteroatoms. The lowest BCUT2D eigenvalue weighted by molar-refractivity contribution is -0.138. The standard InChI is InChI=1S/C11H12F3NO2/c1-15(6-5-10(16)17)9-4-2-3-8(7-9)11(12,13)14/h2-4,7H,5-6H2,1H3,(H,16,17). The van der Waals surface area contributed by atoms with Gasteiger partial charge in [0.05, 0.1) is 12.0 Å². The number of rotatable bonds is 4. The fourth-order valence-electron chi connectivity index (χ4n) is 1.31. The molecule has 0 saturated carbocycles. The van der Waals surface area contributed by atoms with Crippen LogP contribution in [-0.2, 0) is 11.0 Å². The third kappa shape index (κ3) is 3.97. The first-order chi connectivity index (χ1) is 7.80. The van der Waals surface area contributed by atoms with Gasteiger partial charge in [0.15, 0.2) is 0 Å². The normalized spacial score (nSPS) is 11.3. The molecule has 0 amide bonds. The zero-order chi connectivity index (χ0) is 13.1. The van der Waals surface area contributed by atoms with Crippen LogP contribution in [0, 0.1) is 0 Å². The summed E-state index contributed by atoms with van der Waals surface area (Å²) in [6.07, 6.45) is -4.50. The molecule has 0 atom stereocenters. The highest BCUT2D eigenvalue weighted by Gasteiger charge is 2.30. The van der Waals surface area contributed by atoms with Gasteiger partial charge in [-0.25, -0.2) is 0 Å². The van der Waals surface area contributed by atoms with E-state index in [1.807, 2.05) is 0 Å². The Labute approximate surface area is 96.5 Å². The number of benzene rings is 1. The van der Waals surface area contributed by atoms with Gasteiger partial charge in [0, 0.05) is 19.3 Å². The van der Waals surface area contributed by atoms with Gasteiger partial charge in [0.25, 0.3) is 0 Å². The van der Waals surface area contributed by atoms with Crippen LogP contribution in [0.3, 0.4) is 0 Å². The number of hydrogen-bond acceptors (Lipinski definition) is 2. The van der Waals surface area contributed by atoms with Crippen LogP contribution >= 0.6 is 0 Å². The number of nitrogens with zero attached hydrogens (tertiary/aromatic N) is 1. The van der Waals surface area contributed by atoms with E-state index in [1.165, 1.54) is 17.0 Å². The summed E-state index contributed by atoms with van der Waals surface area (Å²) >= 11 is 0. The lowest BCUT2D eigenvalue weighted by atomic mass is 10.2. The van der Waals surface area contributed by atoms with Crippen LogP contribution in [0.1, 0.15) is 12.0 Å². The molecular formula is C11H12F3NO2. The molecule has 0 aliphatic rings. The molecule has 17 heavy (non-hydrogen) atoms. The number of aliphatic carboxylic acids is 1. The summed E-state index contributed by atoms with van der Waals surface area (Å²) in [7, 11) is 1.55. The quantitative estimate of drug-likeness (QED) is 0.889. The Morgan fingerprint density at radius 3 is 2.59 bits per heavy atom. The van der Waals surface area contributed by atoms with E-state index in [2.05, 4.69) is 0 Å². The fourth-order valence-corrected chi connectivity index (χ4v) is 1.31. The minimum atomic E-state index is -4.39. The number of alkyl halides is 3. The summed E-state index contributed by atoms with van der Waals surface area (Å²) in [4.78, 5) is 11.8. The maximum Gasteiger partial charge on any atom is 0.416 e. The first-order valence-electron chi connectivity index (χ1n) is 4.91. The number of halogens is 3. The average molecular weight is 247 g/mol. The van der Waals surface area contributed by atoms with Crippen molar-refractivity contribution in [3.05, 3.63) is 29.8 Å². The number of anilines is 1. The van der Waals surface area contributed by atoms with E-state index in [4.69, 9.17) is 5.11 Å². The van der Waals surface area contributed by atoms with Crippen LogP contribution in [-0.4, -0.2) is 24.7 Å². The van der Waals surface area contributed by atoms with Crippen molar-refractivity contribution in [3.63, 3.8) is 0 Å². The van der Waals surface area contributed by atoms with Gasteiger partial charge in [-0.1, -0.05) is 6.07 Å². The molecule has 94 valence electrons. The topological polar surface area (TPSA) is 40.5 Å². The predicted molar refractivity (Wildman–Crippen MR) is 57.0 cm³/mol. The van der Waals surface area contributed by atoms with E-state index in [0.717, 1.165) is 12.1 Å². The molecule has 0 unspecified atom stereocenters. The maximum absolute atomic E-state index is 12.4. The van der Waals surface area contributed by atoms with Gasteiger partial charge in [-0.2, -0.15) is 13.2 Å². The van der Waals surface area contributed by atoms with Gasteiger partial charge in [0.2, 0.25) is 0 Å². The second kappa shape index (κ2) is 5.07. The number of carboxylic acid groups (broad SMARTS) is 1. The van der Waals surface area contributed by atoms with Crippen LogP contribution < -0.4 is 4.90 Å². The Morgan fingerprint density at radius 2 is 2.06 bits per heavy atom. The van der Waals surface area contributed by atoms with Gasteiger partial charge >= 0.3 is 12.1 Å². The maximum atomic E-state index is 12.4. The van der Waals surface area contributed by atoms with Crippen molar-refractivity contribution >= 4 is 11.7 Å². The molecular weight excluding hydrogens is 235 g/mol. The van der Waals surface area contributed by atoms with Crippen LogP contribution in [0.2, 0.25) is 0 Å². The molecule has 0 aromatic heterocycles. The molecule has 1 aromatic carbocycles. The van der Waals surface area contributed by atoms with Gasteiger partial charge in [-0.3, -0.25) is 4.79 Å². The van der Waals surface area contributed by atoms with Crippen molar-refractivity contribution in [1.82, 2.24) is 0 Å². The molecule has 0 spiro atoms. The number of hydrogen-bond donors (Lipinski definition) is 1. The second-order valence-electron chi connectivity index (χ2n) is 3.61. The van der Waals surface area contributed by atoms with Crippen molar-refractivity contribution in [2.75, 3.05) is 18.5 Å². The first kappa shape index (κ1) is 13.3. The molecule has 1 aromatic rings. The molecule has 0 aliphatic heterocycles. The smallest absolute Gasteiger partial charge is 0.416 e. The summed E-state index contributed by atoms with van der Waals surface area (Å²) in [6.45, 7) is 0.163. The Bertz CT molecular complexity index is 404. The van der Waals surface area contributed by atoms with E-state index in [0.29, 0.717) is 5.69 Å². The van der Waals surface area contributed by atoms with Crippen LogP contribution in [0.15, 0.2) is 24.3 Å². The molecule has 0 aliphatic carbocycles. The van der Waals surface area contributed by atoms with Crippen molar-refractivity contribution < 1.29 is 23.1 Å². The SMILES string of the molecule is CN(CCC(=O)O)c1cccc(C(F)(F)F)c1. The molecule has 0 bridgehead atoms. The number of carboxylic acids is 1. The molecule has 0 saturated heterocycles. The van der Waals surface area contributed by atoms with E-state index in [1.54, 1.807) is 7.05 Å². The third-order valence-corrected chi connectivity index (χ3v) is 2.28. The Balaban J connectivity index is 2.81. The Morgan fingerprint density at radius 1 is 1.41 bits per heavy atom. The molecule has 0 heterocycles. The zero-order valence-corrected chi connectivity index (χ0v) is 9.16. The summed E-state index contributed by atoms with van der Waals surface area (Å²) in [6, 6.07) is 4.79. The van der Waals surface area contributed by atoms with Crippen LogP contribution in [0.5, 0.6) is 0 Å². The molecule has 3 nitrogen and oxygen atoms in total. The lowest BCUT2D eigenvalue weighted by Gasteiger charge is -2.19. The van der Waals surface area contributed by atoms with E-state index in [-0.39, 0.29) is 13.0 Å². The van der Waals surface area contributed by atoms with Crippen LogP contribution in [0.4, 0.5) is 18.9 Å². The third-order valence-electron chi connectivity index (χ3n) is 2.28. The predicted octanol–water partition coefficient (Wildman–Crippen LogP) is 2.62. The Hall–Kier alpha value is -1.72. The summed E-state index contributed by atoms with van der Waals surface area (Å²) in [5.74, 6) is -0.983. The van der Waals surface area contributed by atoms with E-state index < -0.39 is 17.7 Å². The molecule has 0 fully saturated rings. The minimum Gasteiger partial charge on any atom is -0.481 e. The second-order valence-corrected chi connectivity index (χ2v) is 3.61. The summed E-state index contributed by atoms with van der Waals surface area (Å²) < 4.78 is 37.3. The highest BCUT2D eigenvalue weighted by atomic mass is 19.4. The van der Waals surface area contributed by atoms with Crippen molar-refractivity contribution in [2.24, 2.45) is 0 Å². The highest BCUT2D eigenvalue weighted by molar-refractivity contribution is 5.67. The largest absolute Gasteiger partial charge is 0.481 e. The minimum absolute atomic E-state index is 0.118. The van der Waals surface area contributed by atoms with E-state index >= 15 is 0 Å². The molecule has 0 radical (unpaired) electrons.